The first-order valence-corrected chi connectivity index (χ1v) is 5.29. The van der Waals surface area contributed by atoms with Gasteiger partial charge in [-0.05, 0) is 19.4 Å². The van der Waals surface area contributed by atoms with E-state index in [1.165, 1.54) is 11.1 Å². The zero-order chi connectivity index (χ0) is 9.97. The third-order valence-electron chi connectivity index (χ3n) is 2.56. The largest absolute Gasteiger partial charge is 0.475 e. The molecule has 0 saturated carbocycles. The molecule has 0 spiro atoms. The first-order chi connectivity index (χ1) is 6.79. The van der Waals surface area contributed by atoms with Gasteiger partial charge in [-0.15, -0.1) is 0 Å². The van der Waals surface area contributed by atoms with Crippen molar-refractivity contribution in [1.29, 1.82) is 0 Å². The third kappa shape index (κ3) is 1.90. The van der Waals surface area contributed by atoms with Crippen LogP contribution in [-0.2, 0) is 6.54 Å². The molecular weight excluding hydrogens is 174 g/mol. The Morgan fingerprint density at radius 2 is 2.36 bits per heavy atom. The van der Waals surface area contributed by atoms with E-state index in [0.717, 1.165) is 25.1 Å². The Labute approximate surface area is 85.3 Å². The summed E-state index contributed by atoms with van der Waals surface area (Å²) >= 11 is 0. The van der Waals surface area contributed by atoms with Crippen LogP contribution in [0.5, 0.6) is 5.75 Å². The summed E-state index contributed by atoms with van der Waals surface area (Å²) in [5.41, 5.74) is 2.57. The van der Waals surface area contributed by atoms with Crippen molar-refractivity contribution < 1.29 is 4.74 Å². The molecule has 0 fully saturated rings. The standard InChI is InChI=1S/C12H17NO/c1-3-4-12-13-8-10-7-9(2)5-6-11(10)14-12/h5-7,12-13H,3-4,8H2,1-2H3. The SMILES string of the molecule is CCCC1NCc2cc(C)ccc2O1. The Kier molecular flexibility index (Phi) is 2.73. The highest BCUT2D eigenvalue weighted by Crippen LogP contribution is 2.25. The average molecular weight is 191 g/mol. The predicted octanol–water partition coefficient (Wildman–Crippen LogP) is 2.60. The summed E-state index contributed by atoms with van der Waals surface area (Å²) in [6.45, 7) is 5.22. The van der Waals surface area contributed by atoms with Gasteiger partial charge in [0.2, 0.25) is 0 Å². The van der Waals surface area contributed by atoms with Crippen molar-refractivity contribution in [1.82, 2.24) is 5.32 Å². The van der Waals surface area contributed by atoms with Gasteiger partial charge >= 0.3 is 0 Å². The second-order valence-corrected chi connectivity index (χ2v) is 3.89. The molecule has 0 aliphatic carbocycles. The summed E-state index contributed by atoms with van der Waals surface area (Å²) in [5.74, 6) is 1.05. The fourth-order valence-electron chi connectivity index (χ4n) is 1.80. The topological polar surface area (TPSA) is 21.3 Å². The Balaban J connectivity index is 2.15. The van der Waals surface area contributed by atoms with E-state index in [4.69, 9.17) is 4.74 Å². The van der Waals surface area contributed by atoms with Gasteiger partial charge in [0.05, 0.1) is 0 Å². The quantitative estimate of drug-likeness (QED) is 0.775. The number of nitrogens with one attached hydrogen (secondary N) is 1. The molecule has 76 valence electrons. The van der Waals surface area contributed by atoms with E-state index >= 15 is 0 Å². The summed E-state index contributed by atoms with van der Waals surface area (Å²) in [4.78, 5) is 0. The molecule has 1 aromatic carbocycles. The Bertz CT molecular complexity index is 322. The number of rotatable bonds is 2. The van der Waals surface area contributed by atoms with Gasteiger partial charge in [0.15, 0.2) is 0 Å². The van der Waals surface area contributed by atoms with Gasteiger partial charge in [0.1, 0.15) is 12.0 Å². The monoisotopic (exact) mass is 191 g/mol. The molecule has 1 unspecified atom stereocenters. The molecule has 1 aliphatic heterocycles. The van der Waals surface area contributed by atoms with Crippen LogP contribution in [0.1, 0.15) is 30.9 Å². The van der Waals surface area contributed by atoms with Crippen molar-refractivity contribution in [3.63, 3.8) is 0 Å². The summed E-state index contributed by atoms with van der Waals surface area (Å²) < 4.78 is 5.82. The molecule has 1 aromatic rings. The van der Waals surface area contributed by atoms with Crippen LogP contribution in [0, 0.1) is 6.92 Å². The average Bonchev–Trinajstić information content (AvgIpc) is 2.19. The van der Waals surface area contributed by atoms with Gasteiger partial charge in [0, 0.05) is 12.1 Å². The lowest BCUT2D eigenvalue weighted by molar-refractivity contribution is 0.132. The number of ether oxygens (including phenoxy) is 1. The van der Waals surface area contributed by atoms with Gasteiger partial charge < -0.3 is 4.74 Å². The summed E-state index contributed by atoms with van der Waals surface area (Å²) in [7, 11) is 0. The summed E-state index contributed by atoms with van der Waals surface area (Å²) in [5, 5.41) is 3.38. The smallest absolute Gasteiger partial charge is 0.150 e. The van der Waals surface area contributed by atoms with Crippen molar-refractivity contribution in [2.45, 2.75) is 39.5 Å². The minimum Gasteiger partial charge on any atom is -0.475 e. The lowest BCUT2D eigenvalue weighted by atomic mass is 10.1. The van der Waals surface area contributed by atoms with Crippen LogP contribution in [0.25, 0.3) is 0 Å². The second-order valence-electron chi connectivity index (χ2n) is 3.89. The number of benzene rings is 1. The van der Waals surface area contributed by atoms with Gasteiger partial charge in [0.25, 0.3) is 0 Å². The van der Waals surface area contributed by atoms with Crippen molar-refractivity contribution >= 4 is 0 Å². The number of hydrogen-bond donors (Lipinski definition) is 1. The van der Waals surface area contributed by atoms with Crippen LogP contribution >= 0.6 is 0 Å². The first kappa shape index (κ1) is 9.53. The Hall–Kier alpha value is -1.02. The predicted molar refractivity (Wildman–Crippen MR) is 57.3 cm³/mol. The molecule has 2 heteroatoms. The minimum absolute atomic E-state index is 0.204. The van der Waals surface area contributed by atoms with Crippen LogP contribution in [0.3, 0.4) is 0 Å². The van der Waals surface area contributed by atoms with Gasteiger partial charge in [-0.1, -0.05) is 31.0 Å². The van der Waals surface area contributed by atoms with Crippen LogP contribution in [-0.4, -0.2) is 6.23 Å². The molecule has 1 N–H and O–H groups in total. The van der Waals surface area contributed by atoms with E-state index in [1.807, 2.05) is 0 Å². The Morgan fingerprint density at radius 3 is 3.14 bits per heavy atom. The van der Waals surface area contributed by atoms with Crippen molar-refractivity contribution in [3.8, 4) is 5.75 Å². The van der Waals surface area contributed by atoms with Gasteiger partial charge in [-0.3, -0.25) is 5.32 Å². The highest BCUT2D eigenvalue weighted by atomic mass is 16.5. The van der Waals surface area contributed by atoms with Crippen molar-refractivity contribution in [2.75, 3.05) is 0 Å². The normalized spacial score (nSPS) is 20.0. The highest BCUT2D eigenvalue weighted by molar-refractivity contribution is 5.38. The number of fused-ring (bicyclic) bond motifs is 1. The molecular formula is C12H17NO. The molecule has 2 nitrogen and oxygen atoms in total. The van der Waals surface area contributed by atoms with Crippen LogP contribution in [0.15, 0.2) is 18.2 Å². The lowest BCUT2D eigenvalue weighted by Gasteiger charge is -2.27. The van der Waals surface area contributed by atoms with Gasteiger partial charge in [-0.25, -0.2) is 0 Å². The Morgan fingerprint density at radius 1 is 1.50 bits per heavy atom. The van der Waals surface area contributed by atoms with Crippen LogP contribution in [0.2, 0.25) is 0 Å². The van der Waals surface area contributed by atoms with E-state index in [2.05, 4.69) is 37.4 Å². The molecule has 1 aliphatic rings. The highest BCUT2D eigenvalue weighted by Gasteiger charge is 2.17. The maximum absolute atomic E-state index is 5.82. The fraction of sp³-hybridized carbons (Fsp3) is 0.500. The molecule has 0 amide bonds. The van der Waals surface area contributed by atoms with E-state index in [9.17, 15) is 0 Å². The minimum atomic E-state index is 0.204. The molecule has 0 aromatic heterocycles. The molecule has 0 bridgehead atoms. The van der Waals surface area contributed by atoms with E-state index in [1.54, 1.807) is 0 Å². The number of aryl methyl sites for hydroxylation is 1. The lowest BCUT2D eigenvalue weighted by Crippen LogP contribution is -2.37. The molecule has 14 heavy (non-hydrogen) atoms. The first-order valence-electron chi connectivity index (χ1n) is 5.29. The van der Waals surface area contributed by atoms with Crippen LogP contribution in [0.4, 0.5) is 0 Å². The molecule has 2 rings (SSSR count). The van der Waals surface area contributed by atoms with E-state index < -0.39 is 0 Å². The molecule has 1 atom stereocenters. The zero-order valence-corrected chi connectivity index (χ0v) is 8.84. The van der Waals surface area contributed by atoms with Gasteiger partial charge in [-0.2, -0.15) is 0 Å². The fourth-order valence-corrected chi connectivity index (χ4v) is 1.80. The maximum atomic E-state index is 5.82. The molecule has 1 heterocycles. The maximum Gasteiger partial charge on any atom is 0.150 e. The summed E-state index contributed by atoms with van der Waals surface area (Å²) in [6.07, 6.45) is 2.43. The zero-order valence-electron chi connectivity index (χ0n) is 8.84. The van der Waals surface area contributed by atoms with Crippen molar-refractivity contribution in [2.24, 2.45) is 0 Å². The molecule has 0 saturated heterocycles. The molecule has 0 radical (unpaired) electrons. The third-order valence-corrected chi connectivity index (χ3v) is 2.56. The van der Waals surface area contributed by atoms with Crippen LogP contribution < -0.4 is 10.1 Å². The number of hydrogen-bond acceptors (Lipinski definition) is 2. The summed E-state index contributed by atoms with van der Waals surface area (Å²) in [6, 6.07) is 6.37. The van der Waals surface area contributed by atoms with Crippen molar-refractivity contribution in [3.05, 3.63) is 29.3 Å². The van der Waals surface area contributed by atoms with E-state index in [0.29, 0.717) is 0 Å². The van der Waals surface area contributed by atoms with E-state index in [-0.39, 0.29) is 6.23 Å². The second kappa shape index (κ2) is 4.01.